The summed E-state index contributed by atoms with van der Waals surface area (Å²) >= 11 is 0. The Morgan fingerprint density at radius 3 is 2.62 bits per heavy atom. The van der Waals surface area contributed by atoms with E-state index in [1.807, 2.05) is 0 Å². The average molecular weight is 406 g/mol. The number of rotatable bonds is 9. The Balaban J connectivity index is 2.12. The molecule has 1 heterocycles. The summed E-state index contributed by atoms with van der Waals surface area (Å²) in [6.45, 7) is 5.23. The normalized spacial score (nSPS) is 23.5. The quantitative estimate of drug-likeness (QED) is 0.541. The highest BCUT2D eigenvalue weighted by molar-refractivity contribution is 5.92. The van der Waals surface area contributed by atoms with Gasteiger partial charge in [-0.1, -0.05) is 24.3 Å². The Kier molecular flexibility index (Phi) is 7.98. The lowest BCUT2D eigenvalue weighted by atomic mass is 10.0. The first kappa shape index (κ1) is 23.1. The first-order valence-corrected chi connectivity index (χ1v) is 9.59. The van der Waals surface area contributed by atoms with Crippen LogP contribution in [0.1, 0.15) is 49.5 Å². The molecule has 1 aromatic rings. The molecule has 0 amide bonds. The molecule has 4 atom stereocenters. The molecule has 1 saturated heterocycles. The summed E-state index contributed by atoms with van der Waals surface area (Å²) in [6, 6.07) is 4.75. The first-order chi connectivity index (χ1) is 13.6. The van der Waals surface area contributed by atoms with Crippen molar-refractivity contribution in [3.8, 4) is 5.75 Å². The van der Waals surface area contributed by atoms with Crippen molar-refractivity contribution in [2.45, 2.75) is 63.8 Å². The summed E-state index contributed by atoms with van der Waals surface area (Å²) < 4.78 is 16.9. The van der Waals surface area contributed by atoms with E-state index in [1.165, 1.54) is 13.2 Å². The lowest BCUT2D eigenvalue weighted by Gasteiger charge is -2.19. The summed E-state index contributed by atoms with van der Waals surface area (Å²) in [5.74, 6) is -1.30. The summed E-state index contributed by atoms with van der Waals surface area (Å²) in [4.78, 5) is 11.4. The molecule has 1 aliphatic heterocycles. The molecule has 1 unspecified atom stereocenters. The van der Waals surface area contributed by atoms with Gasteiger partial charge in [0.1, 0.15) is 18.0 Å². The van der Waals surface area contributed by atoms with Gasteiger partial charge in [0.15, 0.2) is 5.79 Å². The van der Waals surface area contributed by atoms with Gasteiger partial charge < -0.3 is 29.5 Å². The summed E-state index contributed by atoms with van der Waals surface area (Å²) in [6.07, 6.45) is 5.31. The molecular formula is C22H30O7. The zero-order chi connectivity index (χ0) is 21.6. The third-order valence-electron chi connectivity index (χ3n) is 4.52. The van der Waals surface area contributed by atoms with Gasteiger partial charge in [-0.3, -0.25) is 0 Å². The second-order valence-electron chi connectivity index (χ2n) is 7.54. The fourth-order valence-electron chi connectivity index (χ4n) is 3.19. The molecule has 0 saturated carbocycles. The van der Waals surface area contributed by atoms with E-state index in [9.17, 15) is 20.1 Å². The first-order valence-electron chi connectivity index (χ1n) is 9.59. The summed E-state index contributed by atoms with van der Waals surface area (Å²) in [5.41, 5.74) is 0.688. The number of carboxylic acid groups (broad SMARTS) is 1. The Morgan fingerprint density at radius 1 is 1.28 bits per heavy atom. The van der Waals surface area contributed by atoms with Gasteiger partial charge in [0.05, 0.1) is 24.9 Å². The van der Waals surface area contributed by atoms with Gasteiger partial charge in [-0.15, -0.1) is 0 Å². The minimum absolute atomic E-state index is 0.170. The molecule has 0 aliphatic carbocycles. The fourth-order valence-corrected chi connectivity index (χ4v) is 3.19. The van der Waals surface area contributed by atoms with E-state index in [1.54, 1.807) is 57.2 Å². The van der Waals surface area contributed by atoms with Crippen LogP contribution in [0, 0.1) is 0 Å². The zero-order valence-corrected chi connectivity index (χ0v) is 17.2. The number of aliphatic hydroxyl groups excluding tert-OH is 2. The van der Waals surface area contributed by atoms with Gasteiger partial charge in [-0.05, 0) is 57.4 Å². The van der Waals surface area contributed by atoms with Crippen molar-refractivity contribution in [2.24, 2.45) is 0 Å². The maximum absolute atomic E-state index is 11.4. The lowest BCUT2D eigenvalue weighted by molar-refractivity contribution is -0.152. The molecule has 160 valence electrons. The maximum atomic E-state index is 11.4. The third kappa shape index (κ3) is 6.68. The van der Waals surface area contributed by atoms with Crippen LogP contribution in [0.4, 0.5) is 0 Å². The van der Waals surface area contributed by atoms with Crippen molar-refractivity contribution in [3.63, 3.8) is 0 Å². The number of carbonyl (C=O) groups is 1. The molecular weight excluding hydrogens is 376 g/mol. The summed E-state index contributed by atoms with van der Waals surface area (Å²) in [5, 5.41) is 29.2. The van der Waals surface area contributed by atoms with Gasteiger partial charge in [0.25, 0.3) is 0 Å². The fraction of sp³-hybridized carbons (Fsp3) is 0.500. The molecule has 2 rings (SSSR count). The van der Waals surface area contributed by atoms with E-state index in [-0.39, 0.29) is 5.56 Å². The second kappa shape index (κ2) is 10.0. The van der Waals surface area contributed by atoms with Crippen molar-refractivity contribution in [3.05, 3.63) is 47.6 Å². The number of hydrogen-bond acceptors (Lipinski definition) is 6. The Labute approximate surface area is 171 Å². The van der Waals surface area contributed by atoms with E-state index >= 15 is 0 Å². The van der Waals surface area contributed by atoms with Gasteiger partial charge in [-0.2, -0.15) is 0 Å². The standard InChI is InChI=1S/C22H30O7/c1-14(23)7-5-9-18(24)20-19(28-22(2,3)29-20)10-6-8-15-13-16(27-4)11-12-17(15)21(25)26/h5-6,8-9,11-14,18-20,23-24H,7,10H2,1-4H3,(H,25,26)/t14-,18?,19-,20+/m0/s1. The van der Waals surface area contributed by atoms with Gasteiger partial charge in [0.2, 0.25) is 0 Å². The molecule has 29 heavy (non-hydrogen) atoms. The lowest BCUT2D eigenvalue weighted by Crippen LogP contribution is -2.34. The van der Waals surface area contributed by atoms with Crippen molar-refractivity contribution < 1.29 is 34.3 Å². The van der Waals surface area contributed by atoms with E-state index in [2.05, 4.69) is 0 Å². The molecule has 0 aromatic heterocycles. The van der Waals surface area contributed by atoms with Crippen LogP contribution in [0.25, 0.3) is 6.08 Å². The topological polar surface area (TPSA) is 105 Å². The molecule has 1 fully saturated rings. The van der Waals surface area contributed by atoms with E-state index in [4.69, 9.17) is 14.2 Å². The molecule has 0 bridgehead atoms. The van der Waals surface area contributed by atoms with E-state index < -0.39 is 36.2 Å². The van der Waals surface area contributed by atoms with Crippen LogP contribution < -0.4 is 4.74 Å². The number of hydrogen-bond donors (Lipinski definition) is 3. The number of methoxy groups -OCH3 is 1. The van der Waals surface area contributed by atoms with Crippen molar-refractivity contribution in [2.75, 3.05) is 7.11 Å². The average Bonchev–Trinajstić information content (AvgIpc) is 2.95. The predicted octanol–water partition coefficient (Wildman–Crippen LogP) is 3.00. The predicted molar refractivity (Wildman–Crippen MR) is 109 cm³/mol. The highest BCUT2D eigenvalue weighted by Gasteiger charge is 2.43. The minimum atomic E-state index is -1.02. The molecule has 1 aromatic carbocycles. The zero-order valence-electron chi connectivity index (χ0n) is 17.2. The molecule has 0 radical (unpaired) electrons. The van der Waals surface area contributed by atoms with Gasteiger partial charge in [0, 0.05) is 0 Å². The second-order valence-corrected chi connectivity index (χ2v) is 7.54. The summed E-state index contributed by atoms with van der Waals surface area (Å²) in [7, 11) is 1.52. The van der Waals surface area contributed by atoms with E-state index in [0.717, 1.165) is 0 Å². The largest absolute Gasteiger partial charge is 0.497 e. The molecule has 7 heteroatoms. The Bertz CT molecular complexity index is 752. The highest BCUT2D eigenvalue weighted by Crippen LogP contribution is 2.32. The minimum Gasteiger partial charge on any atom is -0.497 e. The SMILES string of the molecule is COc1ccc(C(=O)O)c(C=CC[C@@H]2OC(C)(C)O[C@@H]2C(O)C=CC[C@H](C)O)c1. The Hall–Kier alpha value is -2.19. The van der Waals surface area contributed by atoms with Crippen LogP contribution >= 0.6 is 0 Å². The number of aliphatic hydroxyl groups is 2. The highest BCUT2D eigenvalue weighted by atomic mass is 16.8. The van der Waals surface area contributed by atoms with Gasteiger partial charge >= 0.3 is 5.97 Å². The van der Waals surface area contributed by atoms with Crippen molar-refractivity contribution >= 4 is 12.0 Å². The number of ether oxygens (including phenoxy) is 3. The number of carboxylic acids is 1. The van der Waals surface area contributed by atoms with Crippen molar-refractivity contribution in [1.82, 2.24) is 0 Å². The molecule has 0 spiro atoms. The van der Waals surface area contributed by atoms with Crippen LogP contribution in [-0.4, -0.2) is 58.6 Å². The smallest absolute Gasteiger partial charge is 0.336 e. The van der Waals surface area contributed by atoms with E-state index in [0.29, 0.717) is 24.2 Å². The monoisotopic (exact) mass is 406 g/mol. The van der Waals surface area contributed by atoms with Gasteiger partial charge in [-0.25, -0.2) is 4.79 Å². The maximum Gasteiger partial charge on any atom is 0.336 e. The third-order valence-corrected chi connectivity index (χ3v) is 4.52. The van der Waals surface area contributed by atoms with Crippen LogP contribution in [0.5, 0.6) is 5.75 Å². The molecule has 1 aliphatic rings. The molecule has 3 N–H and O–H groups in total. The van der Waals surface area contributed by atoms with Crippen LogP contribution in [0.3, 0.4) is 0 Å². The van der Waals surface area contributed by atoms with Crippen LogP contribution in [0.15, 0.2) is 36.4 Å². The van der Waals surface area contributed by atoms with Crippen LogP contribution in [0.2, 0.25) is 0 Å². The Morgan fingerprint density at radius 2 is 2.00 bits per heavy atom. The van der Waals surface area contributed by atoms with Crippen LogP contribution in [-0.2, 0) is 9.47 Å². The van der Waals surface area contributed by atoms with Crippen molar-refractivity contribution in [1.29, 1.82) is 0 Å². The number of benzene rings is 1. The number of aromatic carboxylic acids is 1. The molecule has 7 nitrogen and oxygen atoms in total.